The molecule has 0 radical (unpaired) electrons. The van der Waals surface area contributed by atoms with E-state index in [1.807, 2.05) is 30.3 Å². The molecule has 0 amide bonds. The second-order valence-corrected chi connectivity index (χ2v) is 3.98. The topological polar surface area (TPSA) is 58.9 Å². The Morgan fingerprint density at radius 3 is 2.35 bits per heavy atom. The predicted octanol–water partition coefficient (Wildman–Crippen LogP) is 3.11. The van der Waals surface area contributed by atoms with E-state index in [2.05, 4.69) is 5.16 Å². The summed E-state index contributed by atoms with van der Waals surface area (Å²) < 4.78 is 5.14. The van der Waals surface area contributed by atoms with Crippen LogP contribution in [0.2, 0.25) is 0 Å². The van der Waals surface area contributed by atoms with E-state index >= 15 is 0 Å². The van der Waals surface area contributed by atoms with Gasteiger partial charge in [-0.05, 0) is 41.5 Å². The highest BCUT2D eigenvalue weighted by Crippen LogP contribution is 2.12. The van der Waals surface area contributed by atoms with E-state index in [4.69, 9.17) is 9.94 Å². The van der Waals surface area contributed by atoms with E-state index in [-0.39, 0.29) is 0 Å². The second kappa shape index (κ2) is 6.89. The Bertz CT molecular complexity index is 616. The Kier molecular flexibility index (Phi) is 4.67. The monoisotopic (exact) mass is 267 g/mol. The molecule has 1 N–H and O–H groups in total. The third-order valence-corrected chi connectivity index (χ3v) is 2.52. The van der Waals surface area contributed by atoms with Crippen molar-refractivity contribution in [2.24, 2.45) is 5.16 Å². The molecule has 2 aromatic carbocycles. The summed E-state index contributed by atoms with van der Waals surface area (Å²) in [4.78, 5) is 11.6. The number of rotatable bonds is 4. The average Bonchev–Trinajstić information content (AvgIpc) is 2.49. The van der Waals surface area contributed by atoms with Crippen LogP contribution in [0.25, 0.3) is 6.08 Å². The van der Waals surface area contributed by atoms with Gasteiger partial charge in [-0.3, -0.25) is 0 Å². The zero-order valence-corrected chi connectivity index (χ0v) is 10.6. The van der Waals surface area contributed by atoms with Gasteiger partial charge >= 0.3 is 5.97 Å². The normalized spacial score (nSPS) is 11.0. The van der Waals surface area contributed by atoms with Gasteiger partial charge in [0, 0.05) is 6.08 Å². The van der Waals surface area contributed by atoms with Gasteiger partial charge in [0.2, 0.25) is 0 Å². The van der Waals surface area contributed by atoms with Gasteiger partial charge in [0.05, 0.1) is 6.21 Å². The summed E-state index contributed by atoms with van der Waals surface area (Å²) >= 11 is 0. The number of nitrogens with zero attached hydrogens (tertiary/aromatic N) is 1. The Hall–Kier alpha value is -2.88. The molecule has 0 saturated heterocycles. The van der Waals surface area contributed by atoms with E-state index in [1.54, 1.807) is 30.3 Å². The van der Waals surface area contributed by atoms with Crippen LogP contribution in [0.15, 0.2) is 65.8 Å². The summed E-state index contributed by atoms with van der Waals surface area (Å²) in [5, 5.41) is 11.3. The van der Waals surface area contributed by atoms with Gasteiger partial charge in [-0.2, -0.15) is 0 Å². The van der Waals surface area contributed by atoms with Crippen molar-refractivity contribution in [2.75, 3.05) is 0 Å². The van der Waals surface area contributed by atoms with Gasteiger partial charge in [-0.25, -0.2) is 4.79 Å². The van der Waals surface area contributed by atoms with Crippen LogP contribution >= 0.6 is 0 Å². The summed E-state index contributed by atoms with van der Waals surface area (Å²) in [5.74, 6) is -0.0137. The van der Waals surface area contributed by atoms with E-state index in [1.165, 1.54) is 12.3 Å². The quantitative estimate of drug-likeness (QED) is 0.231. The van der Waals surface area contributed by atoms with Crippen LogP contribution < -0.4 is 4.74 Å². The molecule has 100 valence electrons. The minimum Gasteiger partial charge on any atom is -0.423 e. The number of esters is 1. The molecule has 0 atom stereocenters. The number of oxime groups is 1. The molecule has 0 aliphatic heterocycles. The van der Waals surface area contributed by atoms with Crippen LogP contribution in [0.4, 0.5) is 0 Å². The fourth-order valence-electron chi connectivity index (χ4n) is 1.57. The first-order chi connectivity index (χ1) is 9.78. The van der Waals surface area contributed by atoms with Gasteiger partial charge < -0.3 is 9.94 Å². The van der Waals surface area contributed by atoms with Gasteiger partial charge in [-0.1, -0.05) is 35.5 Å². The number of carbonyl (C=O) groups is 1. The highest BCUT2D eigenvalue weighted by Gasteiger charge is 2.00. The maximum atomic E-state index is 11.6. The molecule has 0 spiro atoms. The molecule has 0 fully saturated rings. The SMILES string of the molecule is O=C(C=Cc1ccccc1)Oc1ccc(/C=N/O)cc1. The molecular formula is C16H13NO3. The molecule has 4 nitrogen and oxygen atoms in total. The van der Waals surface area contributed by atoms with Crippen molar-refractivity contribution in [3.8, 4) is 5.75 Å². The summed E-state index contributed by atoms with van der Waals surface area (Å²) in [5.41, 5.74) is 1.64. The maximum Gasteiger partial charge on any atom is 0.336 e. The summed E-state index contributed by atoms with van der Waals surface area (Å²) in [6.07, 6.45) is 4.36. The molecule has 0 saturated carbocycles. The third kappa shape index (κ3) is 4.10. The molecule has 20 heavy (non-hydrogen) atoms. The van der Waals surface area contributed by atoms with Crippen molar-refractivity contribution in [3.05, 3.63) is 71.8 Å². The zero-order valence-electron chi connectivity index (χ0n) is 10.6. The first-order valence-electron chi connectivity index (χ1n) is 6.00. The lowest BCUT2D eigenvalue weighted by Gasteiger charge is -2.01. The lowest BCUT2D eigenvalue weighted by Crippen LogP contribution is -2.03. The van der Waals surface area contributed by atoms with Crippen LogP contribution in [-0.2, 0) is 4.79 Å². The molecule has 0 heterocycles. The number of benzene rings is 2. The van der Waals surface area contributed by atoms with Crippen molar-refractivity contribution >= 4 is 18.3 Å². The summed E-state index contributed by atoms with van der Waals surface area (Å²) in [6, 6.07) is 16.1. The Morgan fingerprint density at radius 1 is 1.00 bits per heavy atom. The van der Waals surface area contributed by atoms with E-state index < -0.39 is 5.97 Å². The molecule has 0 aliphatic carbocycles. The predicted molar refractivity (Wildman–Crippen MR) is 76.9 cm³/mol. The van der Waals surface area contributed by atoms with Crippen molar-refractivity contribution in [3.63, 3.8) is 0 Å². The third-order valence-electron chi connectivity index (χ3n) is 2.52. The molecule has 0 aliphatic rings. The molecule has 2 aromatic rings. The van der Waals surface area contributed by atoms with Crippen LogP contribution in [0.1, 0.15) is 11.1 Å². The standard InChI is InChI=1S/C16H13NO3/c18-16(11-8-13-4-2-1-3-5-13)20-15-9-6-14(7-10-15)12-17-19/h1-12,19H/b11-8?,17-12+. The van der Waals surface area contributed by atoms with Crippen LogP contribution in [-0.4, -0.2) is 17.4 Å². The zero-order chi connectivity index (χ0) is 14.2. The average molecular weight is 267 g/mol. The lowest BCUT2D eigenvalue weighted by molar-refractivity contribution is -0.128. The molecule has 2 rings (SSSR count). The minimum absolute atomic E-state index is 0.433. The van der Waals surface area contributed by atoms with Gasteiger partial charge in [0.15, 0.2) is 0 Å². The van der Waals surface area contributed by atoms with Crippen molar-refractivity contribution in [2.45, 2.75) is 0 Å². The van der Waals surface area contributed by atoms with Gasteiger partial charge in [-0.15, -0.1) is 0 Å². The molecule has 0 bridgehead atoms. The van der Waals surface area contributed by atoms with Gasteiger partial charge in [0.25, 0.3) is 0 Å². The Labute approximate surface area is 116 Å². The maximum absolute atomic E-state index is 11.6. The van der Waals surface area contributed by atoms with Crippen LogP contribution in [0.3, 0.4) is 0 Å². The number of carbonyl (C=O) groups excluding carboxylic acids is 1. The van der Waals surface area contributed by atoms with E-state index in [0.29, 0.717) is 11.3 Å². The largest absolute Gasteiger partial charge is 0.423 e. The number of hydrogen-bond donors (Lipinski definition) is 1. The summed E-state index contributed by atoms with van der Waals surface area (Å²) in [7, 11) is 0. The highest BCUT2D eigenvalue weighted by molar-refractivity contribution is 5.88. The highest BCUT2D eigenvalue weighted by atomic mass is 16.5. The molecule has 0 unspecified atom stereocenters. The van der Waals surface area contributed by atoms with Crippen LogP contribution in [0, 0.1) is 0 Å². The molecular weight excluding hydrogens is 254 g/mol. The first kappa shape index (κ1) is 13.5. The van der Waals surface area contributed by atoms with Crippen molar-refractivity contribution < 1.29 is 14.7 Å². The molecule has 4 heteroatoms. The second-order valence-electron chi connectivity index (χ2n) is 3.98. The Balaban J connectivity index is 1.96. The lowest BCUT2D eigenvalue weighted by atomic mass is 10.2. The fourth-order valence-corrected chi connectivity index (χ4v) is 1.57. The minimum atomic E-state index is -0.447. The van der Waals surface area contributed by atoms with Gasteiger partial charge in [0.1, 0.15) is 5.75 Å². The Morgan fingerprint density at radius 2 is 1.70 bits per heavy atom. The first-order valence-corrected chi connectivity index (χ1v) is 6.00. The number of hydrogen-bond acceptors (Lipinski definition) is 4. The van der Waals surface area contributed by atoms with Crippen molar-refractivity contribution in [1.82, 2.24) is 0 Å². The van der Waals surface area contributed by atoms with Crippen LogP contribution in [0.5, 0.6) is 5.75 Å². The smallest absolute Gasteiger partial charge is 0.336 e. The number of ether oxygens (including phenoxy) is 1. The fraction of sp³-hybridized carbons (Fsp3) is 0. The summed E-state index contributed by atoms with van der Waals surface area (Å²) in [6.45, 7) is 0. The van der Waals surface area contributed by atoms with E-state index in [9.17, 15) is 4.79 Å². The van der Waals surface area contributed by atoms with E-state index in [0.717, 1.165) is 5.56 Å². The van der Waals surface area contributed by atoms with Crippen molar-refractivity contribution in [1.29, 1.82) is 0 Å². The molecule has 0 aromatic heterocycles.